The van der Waals surface area contributed by atoms with Crippen molar-refractivity contribution in [3.63, 3.8) is 0 Å². The van der Waals surface area contributed by atoms with Crippen molar-refractivity contribution in [2.24, 2.45) is 0 Å². The van der Waals surface area contributed by atoms with Gasteiger partial charge in [0.25, 0.3) is 5.89 Å². The average Bonchev–Trinajstić information content (AvgIpc) is 3.12. The number of hydrogen-bond donors (Lipinski definition) is 0. The summed E-state index contributed by atoms with van der Waals surface area (Å²) in [5, 5.41) is 12.5. The molecule has 1 saturated heterocycles. The highest BCUT2D eigenvalue weighted by atomic mass is 16.5. The zero-order chi connectivity index (χ0) is 15.1. The lowest BCUT2D eigenvalue weighted by atomic mass is 10.2. The van der Waals surface area contributed by atoms with Gasteiger partial charge in [0.05, 0.1) is 29.6 Å². The van der Waals surface area contributed by atoms with Gasteiger partial charge in [-0.3, -0.25) is 4.98 Å². The van der Waals surface area contributed by atoms with Crippen LogP contribution in [0.3, 0.4) is 0 Å². The van der Waals surface area contributed by atoms with Crippen LogP contribution < -0.4 is 0 Å². The summed E-state index contributed by atoms with van der Waals surface area (Å²) in [6.07, 6.45) is 6.81. The minimum Gasteiger partial charge on any atom is -0.418 e. The summed E-state index contributed by atoms with van der Waals surface area (Å²) in [6, 6.07) is 0. The lowest BCUT2D eigenvalue weighted by Gasteiger charge is -2.32. The molecule has 0 saturated carbocycles. The maximum absolute atomic E-state index is 5.89. The van der Waals surface area contributed by atoms with E-state index in [-0.39, 0.29) is 12.2 Å². The Kier molecular flexibility index (Phi) is 3.12. The molecule has 1 fully saturated rings. The van der Waals surface area contributed by atoms with E-state index in [4.69, 9.17) is 9.15 Å². The summed E-state index contributed by atoms with van der Waals surface area (Å²) in [7, 11) is 2.06. The minimum atomic E-state index is -0.199. The first kappa shape index (κ1) is 13.4. The molecule has 0 N–H and O–H groups in total. The van der Waals surface area contributed by atoms with Gasteiger partial charge in [-0.05, 0) is 14.0 Å². The monoisotopic (exact) mass is 300 g/mol. The van der Waals surface area contributed by atoms with Gasteiger partial charge in [0.2, 0.25) is 5.89 Å². The van der Waals surface area contributed by atoms with Crippen LogP contribution in [0.5, 0.6) is 0 Å². The van der Waals surface area contributed by atoms with Crippen LogP contribution in [0.25, 0.3) is 17.0 Å². The molecule has 2 atom stereocenters. The molecule has 0 amide bonds. The van der Waals surface area contributed by atoms with E-state index < -0.39 is 0 Å². The summed E-state index contributed by atoms with van der Waals surface area (Å²) in [5.41, 5.74) is 1.59. The van der Waals surface area contributed by atoms with Crippen molar-refractivity contribution >= 4 is 5.52 Å². The lowest BCUT2D eigenvalue weighted by Crippen LogP contribution is -2.40. The maximum Gasteiger partial charge on any atom is 0.251 e. The van der Waals surface area contributed by atoms with Crippen molar-refractivity contribution < 1.29 is 9.15 Å². The smallest absolute Gasteiger partial charge is 0.251 e. The number of aromatic nitrogens is 5. The normalized spacial score (nSPS) is 23.2. The molecule has 0 aromatic carbocycles. The molecule has 0 radical (unpaired) electrons. The summed E-state index contributed by atoms with van der Waals surface area (Å²) in [4.78, 5) is 6.30. The Balaban J connectivity index is 1.66. The van der Waals surface area contributed by atoms with Crippen LogP contribution in [-0.2, 0) is 4.74 Å². The molecule has 0 unspecified atom stereocenters. The van der Waals surface area contributed by atoms with Gasteiger partial charge in [-0.15, -0.1) is 10.2 Å². The Hall–Kier alpha value is -2.32. The van der Waals surface area contributed by atoms with Crippen molar-refractivity contribution in [2.45, 2.75) is 19.1 Å². The number of hydrogen-bond acceptors (Lipinski definition) is 7. The first-order chi connectivity index (χ1) is 10.7. The van der Waals surface area contributed by atoms with Crippen LogP contribution in [0, 0.1) is 0 Å². The number of morpholine rings is 1. The number of fused-ring (bicyclic) bond motifs is 1. The van der Waals surface area contributed by atoms with Crippen LogP contribution in [0.2, 0.25) is 0 Å². The van der Waals surface area contributed by atoms with Crippen molar-refractivity contribution in [1.29, 1.82) is 0 Å². The fourth-order valence-corrected chi connectivity index (χ4v) is 2.77. The Bertz CT molecular complexity index is 787. The highest BCUT2D eigenvalue weighted by Gasteiger charge is 2.29. The highest BCUT2D eigenvalue weighted by molar-refractivity contribution is 5.73. The number of likely N-dealkylation sites (N-methyl/N-ethyl adjacent to an activating group) is 1. The summed E-state index contributed by atoms with van der Waals surface area (Å²) >= 11 is 0. The minimum absolute atomic E-state index is 0.139. The molecule has 1 aliphatic heterocycles. The molecule has 4 heterocycles. The van der Waals surface area contributed by atoms with E-state index >= 15 is 0 Å². The molecule has 0 spiro atoms. The fourth-order valence-electron chi connectivity index (χ4n) is 2.77. The predicted molar refractivity (Wildman–Crippen MR) is 77.1 cm³/mol. The molecule has 0 bridgehead atoms. The lowest BCUT2D eigenvalue weighted by molar-refractivity contribution is -0.0821. The Morgan fingerprint density at radius 1 is 1.23 bits per heavy atom. The molecule has 8 nitrogen and oxygen atoms in total. The van der Waals surface area contributed by atoms with E-state index in [1.807, 2.05) is 6.92 Å². The fraction of sp³-hybridized carbons (Fsp3) is 0.429. The molecular formula is C14H16N6O2. The molecule has 1 aliphatic rings. The topological polar surface area (TPSA) is 81.6 Å². The van der Waals surface area contributed by atoms with Crippen molar-refractivity contribution in [3.8, 4) is 11.5 Å². The quantitative estimate of drug-likeness (QED) is 0.702. The average molecular weight is 300 g/mol. The van der Waals surface area contributed by atoms with Gasteiger partial charge >= 0.3 is 0 Å². The van der Waals surface area contributed by atoms with Crippen molar-refractivity contribution in [3.05, 3.63) is 30.7 Å². The van der Waals surface area contributed by atoms with Crippen LogP contribution in [0.4, 0.5) is 0 Å². The zero-order valence-electron chi connectivity index (χ0n) is 12.4. The molecule has 3 aromatic rings. The van der Waals surface area contributed by atoms with E-state index in [9.17, 15) is 0 Å². The first-order valence-corrected chi connectivity index (χ1v) is 7.16. The third kappa shape index (κ3) is 2.26. The van der Waals surface area contributed by atoms with E-state index in [0.717, 1.165) is 24.2 Å². The molecular weight excluding hydrogens is 284 g/mol. The van der Waals surface area contributed by atoms with Crippen molar-refractivity contribution in [1.82, 2.24) is 29.7 Å². The van der Waals surface area contributed by atoms with Gasteiger partial charge in [0.1, 0.15) is 6.10 Å². The van der Waals surface area contributed by atoms with Gasteiger partial charge in [-0.2, -0.15) is 5.10 Å². The van der Waals surface area contributed by atoms with Gasteiger partial charge in [0, 0.05) is 25.5 Å². The molecule has 22 heavy (non-hydrogen) atoms. The Morgan fingerprint density at radius 2 is 2.14 bits per heavy atom. The Morgan fingerprint density at radius 3 is 3.00 bits per heavy atom. The van der Waals surface area contributed by atoms with E-state index in [2.05, 4.69) is 32.2 Å². The summed E-state index contributed by atoms with van der Waals surface area (Å²) in [5.74, 6) is 0.930. The van der Waals surface area contributed by atoms with Gasteiger partial charge in [-0.25, -0.2) is 4.52 Å². The SMILES string of the molecule is C[C@@H]1CN(C)C[C@H](c2nnc(-c3cnn4ccncc34)o2)O1. The molecule has 3 aromatic heterocycles. The number of ether oxygens (including phenoxy) is 1. The van der Waals surface area contributed by atoms with Gasteiger partial charge in [0.15, 0.2) is 0 Å². The molecule has 8 heteroatoms. The predicted octanol–water partition coefficient (Wildman–Crippen LogP) is 1.17. The van der Waals surface area contributed by atoms with Crippen LogP contribution in [-0.4, -0.2) is 55.9 Å². The zero-order valence-corrected chi connectivity index (χ0v) is 12.4. The second kappa shape index (κ2) is 5.15. The third-order valence-electron chi connectivity index (χ3n) is 3.71. The van der Waals surface area contributed by atoms with Crippen LogP contribution in [0.1, 0.15) is 18.9 Å². The first-order valence-electron chi connectivity index (χ1n) is 7.16. The Labute approximate surface area is 126 Å². The van der Waals surface area contributed by atoms with Crippen LogP contribution in [0.15, 0.2) is 29.2 Å². The van der Waals surface area contributed by atoms with E-state index in [1.54, 1.807) is 29.3 Å². The van der Waals surface area contributed by atoms with Crippen molar-refractivity contribution in [2.75, 3.05) is 20.1 Å². The second-order valence-corrected chi connectivity index (χ2v) is 5.57. The standard InChI is InChI=1S/C14H16N6O2/c1-9-7-19(2)8-12(21-9)14-18-17-13(22-14)10-5-16-20-4-3-15-6-11(10)20/h3-6,9,12H,7-8H2,1-2H3/t9-,12-/m1/s1. The maximum atomic E-state index is 5.89. The van der Waals surface area contributed by atoms with E-state index in [0.29, 0.717) is 11.8 Å². The largest absolute Gasteiger partial charge is 0.418 e. The number of rotatable bonds is 2. The summed E-state index contributed by atoms with van der Waals surface area (Å²) < 4.78 is 13.4. The second-order valence-electron chi connectivity index (χ2n) is 5.57. The third-order valence-corrected chi connectivity index (χ3v) is 3.71. The van der Waals surface area contributed by atoms with E-state index in [1.165, 1.54) is 0 Å². The molecule has 0 aliphatic carbocycles. The number of nitrogens with zero attached hydrogens (tertiary/aromatic N) is 6. The molecule has 4 rings (SSSR count). The summed E-state index contributed by atoms with van der Waals surface area (Å²) in [6.45, 7) is 3.68. The molecule has 114 valence electrons. The van der Waals surface area contributed by atoms with Crippen LogP contribution >= 0.6 is 0 Å². The van der Waals surface area contributed by atoms with Gasteiger partial charge in [-0.1, -0.05) is 0 Å². The van der Waals surface area contributed by atoms with Gasteiger partial charge < -0.3 is 14.1 Å². The highest BCUT2D eigenvalue weighted by Crippen LogP contribution is 2.28.